The van der Waals surface area contributed by atoms with Crippen LogP contribution in [0.15, 0.2) is 127 Å². The zero-order valence-corrected chi connectivity index (χ0v) is 30.0. The van der Waals surface area contributed by atoms with Gasteiger partial charge in [0.25, 0.3) is 0 Å². The Bertz CT molecular complexity index is 3040. The number of hydrogen-bond donors (Lipinski definition) is 0. The number of carbonyl (C=O) groups excluding carboxylic acids is 1. The van der Waals surface area contributed by atoms with Crippen LogP contribution in [0.5, 0.6) is 0 Å². The van der Waals surface area contributed by atoms with Gasteiger partial charge in [0.1, 0.15) is 0 Å². The summed E-state index contributed by atoms with van der Waals surface area (Å²) in [6.07, 6.45) is 0. The molecule has 0 radical (unpaired) electrons. The van der Waals surface area contributed by atoms with Gasteiger partial charge in [-0.2, -0.15) is 0 Å². The van der Waals surface area contributed by atoms with E-state index < -0.39 is 57.7 Å². The Morgan fingerprint density at radius 2 is 0.818 bits per heavy atom. The molecule has 11 rings (SSSR count). The van der Waals surface area contributed by atoms with Crippen molar-refractivity contribution < 1.29 is 30.3 Å². The first-order valence-electron chi connectivity index (χ1n) is 16.7. The fourth-order valence-electron chi connectivity index (χ4n) is 7.43. The first-order chi connectivity index (χ1) is 26.8. The molecule has 262 valence electrons. The zero-order chi connectivity index (χ0) is 37.3. The van der Waals surface area contributed by atoms with Crippen LogP contribution >= 0.6 is 0 Å². The van der Waals surface area contributed by atoms with Gasteiger partial charge in [-0.05, 0) is 0 Å². The molecular weight excluding hydrogens is 777 g/mol. The summed E-state index contributed by atoms with van der Waals surface area (Å²) in [5.41, 5.74) is 1.32. The quantitative estimate of drug-likeness (QED) is 0.0866. The van der Waals surface area contributed by atoms with Crippen molar-refractivity contribution in [1.82, 2.24) is 6.55 Å². The van der Waals surface area contributed by atoms with E-state index in [1.165, 1.54) is 0 Å². The topological polar surface area (TPSA) is 110 Å². The van der Waals surface area contributed by atoms with Crippen molar-refractivity contribution in [2.24, 2.45) is 30.0 Å². The number of nitrogens with zero attached hydrogens (tertiary/aromatic N) is 8. The molecule has 0 saturated carbocycles. The van der Waals surface area contributed by atoms with Crippen LogP contribution in [0.25, 0.3) is 21.5 Å². The monoisotopic (exact) mass is 792 g/mol. The van der Waals surface area contributed by atoms with Gasteiger partial charge in [0.2, 0.25) is 0 Å². The van der Waals surface area contributed by atoms with E-state index in [2.05, 4.69) is 0 Å². The molecule has 0 aliphatic carbocycles. The van der Waals surface area contributed by atoms with Crippen LogP contribution < -0.4 is 11.0 Å². The molecule has 0 N–H and O–H groups in total. The fraction of sp³-hybridized carbons (Fsp3) is 0. The molecule has 0 saturated heterocycles. The molecule has 10 nitrogen and oxygen atoms in total. The number of hydrogen-bond acceptors (Lipinski definition) is 8. The van der Waals surface area contributed by atoms with Crippen molar-refractivity contribution in [3.63, 3.8) is 0 Å². The van der Waals surface area contributed by atoms with Gasteiger partial charge in [-0.15, -0.1) is 0 Å². The van der Waals surface area contributed by atoms with Crippen LogP contribution in [0.4, 0.5) is 33.6 Å². The maximum atomic E-state index is 15.4. The van der Waals surface area contributed by atoms with Crippen LogP contribution in [0, 0.1) is 29.1 Å². The molecule has 0 fully saturated rings. The second-order valence-electron chi connectivity index (χ2n) is 12.9. The van der Waals surface area contributed by atoms with Gasteiger partial charge in [-0.3, -0.25) is 0 Å². The predicted octanol–water partition coefficient (Wildman–Crippen LogP) is 6.47. The third-order valence-electron chi connectivity index (χ3n) is 9.89. The average Bonchev–Trinajstić information content (AvgIpc) is 3.92. The van der Waals surface area contributed by atoms with Crippen molar-refractivity contribution in [3.05, 3.63) is 165 Å². The molecule has 0 spiro atoms. The summed E-state index contributed by atoms with van der Waals surface area (Å²) in [4.78, 5) is 44.2. The molecule has 4 aliphatic heterocycles. The summed E-state index contributed by atoms with van der Waals surface area (Å²) < 4.78 is 83.5. The van der Waals surface area contributed by atoms with Crippen molar-refractivity contribution >= 4 is 79.6 Å². The summed E-state index contributed by atoms with van der Waals surface area (Å²) in [5, 5.41) is 2.18. The Morgan fingerprint density at radius 3 is 1.25 bits per heavy atom. The third-order valence-corrected chi connectivity index (χ3v) is 14.7. The molecule has 7 aromatic rings. The minimum absolute atomic E-state index is 0.215. The maximum absolute atomic E-state index is 15.4. The van der Waals surface area contributed by atoms with Gasteiger partial charge < -0.3 is 0 Å². The molecule has 0 amide bonds. The Balaban J connectivity index is 1.35. The summed E-state index contributed by atoms with van der Waals surface area (Å²) >= 11 is -4.82. The Morgan fingerprint density at radius 1 is 0.455 bits per heavy atom. The van der Waals surface area contributed by atoms with Crippen molar-refractivity contribution in [2.75, 3.05) is 0 Å². The molecule has 6 bridgehead atoms. The normalized spacial score (nSPS) is 14.7. The van der Waals surface area contributed by atoms with E-state index in [1.54, 1.807) is 55.1 Å². The van der Waals surface area contributed by atoms with Gasteiger partial charge in [0.05, 0.1) is 0 Å². The van der Waals surface area contributed by atoms with Gasteiger partial charge >= 0.3 is 311 Å². The number of amidine groups is 4. The molecule has 5 aromatic carbocycles. The number of fused-ring (bicyclic) bond motifs is 14. The molecule has 0 atom stereocenters. The molecule has 55 heavy (non-hydrogen) atoms. The second kappa shape index (κ2) is 11.4. The molecular formula is C39H16F5GaN8O2. The van der Waals surface area contributed by atoms with Crippen molar-refractivity contribution in [3.8, 4) is 0 Å². The van der Waals surface area contributed by atoms with Crippen LogP contribution in [0.3, 0.4) is 0 Å². The summed E-state index contributed by atoms with van der Waals surface area (Å²) in [7, 11) is 0. The fourth-order valence-corrected chi connectivity index (χ4v) is 12.4. The SMILES string of the molecule is O=C([O][Ga]1[n]2c3c4ccccc4c2N=C2N=C(N=c4c5ccccc5c([n]41)=NC1=NC(=N3)c3ccccc31)c1ccccc12)c1c(F)c(F)c(F)c(F)c1F. The van der Waals surface area contributed by atoms with E-state index in [1.807, 2.05) is 48.5 Å². The van der Waals surface area contributed by atoms with E-state index in [4.69, 9.17) is 33.5 Å². The third kappa shape index (κ3) is 4.34. The summed E-state index contributed by atoms with van der Waals surface area (Å²) in [5.74, 6) is -11.9. The van der Waals surface area contributed by atoms with Crippen LogP contribution in [0.2, 0.25) is 0 Å². The molecule has 0 unspecified atom stereocenters. The minimum atomic E-state index is -4.82. The average molecular weight is 793 g/mol. The van der Waals surface area contributed by atoms with Gasteiger partial charge in [0, 0.05) is 0 Å². The van der Waals surface area contributed by atoms with E-state index in [0.717, 1.165) is 0 Å². The standard InChI is InChI=1S/C32H16N8.C7HF5O2.Ga/c1-2-10-18-17(9-1)25-33-26(18)38-28-21-13-5-6-14-22(21)30(35-28)40-32-24-16-8-7-15-23(24)31(36-32)39-29-20-12-4-3-11-19(20)27(34-29)37-25;8-2-1(7(13)14)3(9)5(11)6(12)4(2)10;/h1-16H;(H,13,14);/q-2;;+3/p-1. The van der Waals surface area contributed by atoms with Crippen LogP contribution in [-0.2, 0) is 3.53 Å². The molecule has 6 heterocycles. The number of rotatable bonds is 2. The van der Waals surface area contributed by atoms with Gasteiger partial charge in [-0.1, -0.05) is 0 Å². The molecule has 4 aliphatic rings. The van der Waals surface area contributed by atoms with E-state index in [0.29, 0.717) is 43.8 Å². The first kappa shape index (κ1) is 31.7. The zero-order valence-electron chi connectivity index (χ0n) is 27.6. The Hall–Kier alpha value is -6.78. The number of benzene rings is 5. The summed E-state index contributed by atoms with van der Waals surface area (Å²) in [6, 6.07) is 29.0. The van der Waals surface area contributed by atoms with Gasteiger partial charge in [-0.25, -0.2) is 0 Å². The van der Waals surface area contributed by atoms with Crippen molar-refractivity contribution in [1.29, 1.82) is 0 Å². The Kier molecular flexibility index (Phi) is 6.55. The van der Waals surface area contributed by atoms with Crippen LogP contribution in [-0.4, -0.2) is 52.9 Å². The van der Waals surface area contributed by atoms with Gasteiger partial charge in [0.15, 0.2) is 0 Å². The number of carbonyl (C=O) groups is 1. The number of aliphatic imine (C=N–C) groups is 4. The second-order valence-corrected chi connectivity index (χ2v) is 16.9. The summed E-state index contributed by atoms with van der Waals surface area (Å²) in [6.45, 7) is 0. The van der Waals surface area contributed by atoms with E-state index in [-0.39, 0.29) is 46.0 Å². The van der Waals surface area contributed by atoms with E-state index >= 15 is 8.78 Å². The van der Waals surface area contributed by atoms with E-state index in [9.17, 15) is 18.0 Å². The first-order valence-corrected chi connectivity index (χ1v) is 19.9. The van der Waals surface area contributed by atoms with Crippen molar-refractivity contribution in [2.45, 2.75) is 0 Å². The number of halogens is 5. The molecule has 2 aromatic heterocycles. The van der Waals surface area contributed by atoms with Crippen LogP contribution in [0.1, 0.15) is 32.6 Å². The number of aromatic nitrogens is 2. The molecule has 16 heteroatoms. The predicted molar refractivity (Wildman–Crippen MR) is 193 cm³/mol. The Labute approximate surface area is 310 Å².